The summed E-state index contributed by atoms with van der Waals surface area (Å²) in [4.78, 5) is 2.76. The van der Waals surface area contributed by atoms with Gasteiger partial charge in [0, 0.05) is 31.2 Å². The van der Waals surface area contributed by atoms with Gasteiger partial charge in [-0.2, -0.15) is 0 Å². The van der Waals surface area contributed by atoms with E-state index in [4.69, 9.17) is 4.74 Å². The summed E-state index contributed by atoms with van der Waals surface area (Å²) in [6.07, 6.45) is 7.15. The van der Waals surface area contributed by atoms with E-state index in [9.17, 15) is 0 Å². The van der Waals surface area contributed by atoms with Crippen LogP contribution in [0.5, 0.6) is 0 Å². The zero-order chi connectivity index (χ0) is 14.6. The summed E-state index contributed by atoms with van der Waals surface area (Å²) in [5, 5.41) is 3.85. The fraction of sp³-hybridized carbons (Fsp3) is 1.00. The van der Waals surface area contributed by atoms with Crippen LogP contribution in [0, 0.1) is 5.92 Å². The van der Waals surface area contributed by atoms with Gasteiger partial charge in [-0.25, -0.2) is 0 Å². The van der Waals surface area contributed by atoms with E-state index in [-0.39, 0.29) is 0 Å². The van der Waals surface area contributed by atoms with Crippen LogP contribution in [0.3, 0.4) is 0 Å². The first-order valence-corrected chi connectivity index (χ1v) is 8.67. The minimum absolute atomic E-state index is 0.350. The van der Waals surface area contributed by atoms with Crippen molar-refractivity contribution in [3.63, 3.8) is 0 Å². The summed E-state index contributed by atoms with van der Waals surface area (Å²) in [6.45, 7) is 13.3. The number of ether oxygens (including phenoxy) is 1. The zero-order valence-corrected chi connectivity index (χ0v) is 14.0. The van der Waals surface area contributed by atoms with Gasteiger partial charge >= 0.3 is 0 Å². The Labute approximate surface area is 125 Å². The van der Waals surface area contributed by atoms with Crippen LogP contribution >= 0.6 is 0 Å². The molecule has 1 aliphatic carbocycles. The molecule has 1 aliphatic heterocycles. The number of rotatable bonds is 6. The zero-order valence-electron chi connectivity index (χ0n) is 14.0. The Kier molecular flexibility index (Phi) is 5.88. The van der Waals surface area contributed by atoms with Gasteiger partial charge in [0.05, 0.1) is 12.7 Å². The summed E-state index contributed by atoms with van der Waals surface area (Å²) >= 11 is 0. The number of nitrogens with zero attached hydrogens (tertiary/aromatic N) is 1. The molecular weight excluding hydrogens is 248 g/mol. The molecule has 0 aromatic heterocycles. The summed E-state index contributed by atoms with van der Waals surface area (Å²) in [7, 11) is 0. The lowest BCUT2D eigenvalue weighted by Crippen LogP contribution is -2.65. The third-order valence-corrected chi connectivity index (χ3v) is 5.46. The van der Waals surface area contributed by atoms with Gasteiger partial charge in [-0.1, -0.05) is 33.1 Å². The highest BCUT2D eigenvalue weighted by Gasteiger charge is 2.43. The van der Waals surface area contributed by atoms with Crippen molar-refractivity contribution in [2.75, 3.05) is 26.2 Å². The van der Waals surface area contributed by atoms with E-state index in [1.165, 1.54) is 45.2 Å². The highest BCUT2D eigenvalue weighted by molar-refractivity contribution is 5.02. The topological polar surface area (TPSA) is 24.5 Å². The van der Waals surface area contributed by atoms with Crippen LogP contribution in [0.25, 0.3) is 0 Å². The van der Waals surface area contributed by atoms with Crippen LogP contribution in [-0.2, 0) is 4.74 Å². The number of hydrogen-bond donors (Lipinski definition) is 1. The molecule has 2 unspecified atom stereocenters. The Morgan fingerprint density at radius 2 is 1.95 bits per heavy atom. The van der Waals surface area contributed by atoms with Crippen LogP contribution in [0.2, 0.25) is 0 Å². The highest BCUT2D eigenvalue weighted by Crippen LogP contribution is 2.37. The molecule has 3 heteroatoms. The van der Waals surface area contributed by atoms with Crippen molar-refractivity contribution in [1.29, 1.82) is 0 Å². The first-order chi connectivity index (χ1) is 9.57. The lowest BCUT2D eigenvalue weighted by Gasteiger charge is -2.49. The highest BCUT2D eigenvalue weighted by atomic mass is 16.5. The molecule has 1 N–H and O–H groups in total. The largest absolute Gasteiger partial charge is 0.377 e. The molecule has 1 saturated heterocycles. The number of piperazine rings is 1. The van der Waals surface area contributed by atoms with Crippen LogP contribution in [0.4, 0.5) is 0 Å². The molecule has 1 saturated carbocycles. The van der Waals surface area contributed by atoms with E-state index >= 15 is 0 Å². The average Bonchev–Trinajstić information content (AvgIpc) is 2.89. The number of hydrogen-bond acceptors (Lipinski definition) is 3. The van der Waals surface area contributed by atoms with Crippen molar-refractivity contribution in [2.45, 2.75) is 77.5 Å². The van der Waals surface area contributed by atoms with Crippen molar-refractivity contribution in [2.24, 2.45) is 5.92 Å². The fourth-order valence-corrected chi connectivity index (χ4v) is 3.85. The van der Waals surface area contributed by atoms with Gasteiger partial charge in [0.2, 0.25) is 0 Å². The van der Waals surface area contributed by atoms with Gasteiger partial charge in [0.25, 0.3) is 0 Å². The fourth-order valence-electron chi connectivity index (χ4n) is 3.85. The Morgan fingerprint density at radius 1 is 1.25 bits per heavy atom. The quantitative estimate of drug-likeness (QED) is 0.810. The molecule has 20 heavy (non-hydrogen) atoms. The normalized spacial score (nSPS) is 28.4. The molecular formula is C17H34N2O. The Hall–Kier alpha value is -0.120. The van der Waals surface area contributed by atoms with Crippen LogP contribution in [0.1, 0.15) is 59.8 Å². The molecule has 2 aliphatic rings. The molecule has 0 bridgehead atoms. The molecule has 0 amide bonds. The van der Waals surface area contributed by atoms with Crippen LogP contribution in [0.15, 0.2) is 0 Å². The van der Waals surface area contributed by atoms with Gasteiger partial charge in [-0.05, 0) is 32.6 Å². The van der Waals surface area contributed by atoms with Crippen molar-refractivity contribution in [3.05, 3.63) is 0 Å². The maximum absolute atomic E-state index is 5.81. The van der Waals surface area contributed by atoms with Crippen molar-refractivity contribution < 1.29 is 4.74 Å². The predicted molar refractivity (Wildman–Crippen MR) is 85.1 cm³/mol. The average molecular weight is 282 g/mol. The van der Waals surface area contributed by atoms with E-state index in [1.54, 1.807) is 0 Å². The standard InChI is InChI=1S/C17H34N2O/c1-5-15(4)16-12-19(10-11-20-14(2)3)17(13-18-16)8-6-7-9-17/h14-16,18H,5-13H2,1-4H3. The lowest BCUT2D eigenvalue weighted by molar-refractivity contribution is -0.00745. The van der Waals surface area contributed by atoms with Crippen molar-refractivity contribution in [3.8, 4) is 0 Å². The Bertz CT molecular complexity index is 287. The van der Waals surface area contributed by atoms with E-state index in [1.807, 2.05) is 0 Å². The summed E-state index contributed by atoms with van der Waals surface area (Å²) in [6, 6.07) is 0.658. The molecule has 2 atom stereocenters. The van der Waals surface area contributed by atoms with E-state index in [0.717, 1.165) is 19.1 Å². The summed E-state index contributed by atoms with van der Waals surface area (Å²) in [5.41, 5.74) is 0.435. The summed E-state index contributed by atoms with van der Waals surface area (Å²) < 4.78 is 5.81. The minimum atomic E-state index is 0.350. The second-order valence-electron chi connectivity index (χ2n) is 7.17. The lowest BCUT2D eigenvalue weighted by atomic mass is 9.87. The SMILES string of the molecule is CCC(C)C1CN(CCOC(C)C)C2(CCCC2)CN1. The molecule has 1 heterocycles. The molecule has 2 rings (SSSR count). The van der Waals surface area contributed by atoms with Gasteiger partial charge in [0.1, 0.15) is 0 Å². The van der Waals surface area contributed by atoms with Crippen molar-refractivity contribution in [1.82, 2.24) is 10.2 Å². The molecule has 0 aromatic rings. The van der Waals surface area contributed by atoms with Gasteiger partial charge in [-0.3, -0.25) is 4.90 Å². The summed E-state index contributed by atoms with van der Waals surface area (Å²) in [5.74, 6) is 0.766. The minimum Gasteiger partial charge on any atom is -0.377 e. The third kappa shape index (κ3) is 3.75. The molecule has 3 nitrogen and oxygen atoms in total. The monoisotopic (exact) mass is 282 g/mol. The second kappa shape index (κ2) is 7.24. The van der Waals surface area contributed by atoms with Crippen LogP contribution in [-0.4, -0.2) is 48.8 Å². The molecule has 2 fully saturated rings. The van der Waals surface area contributed by atoms with Gasteiger partial charge in [0.15, 0.2) is 0 Å². The van der Waals surface area contributed by atoms with Gasteiger partial charge < -0.3 is 10.1 Å². The van der Waals surface area contributed by atoms with Gasteiger partial charge in [-0.15, -0.1) is 0 Å². The third-order valence-electron chi connectivity index (χ3n) is 5.46. The first kappa shape index (κ1) is 16.3. The maximum Gasteiger partial charge on any atom is 0.0597 e. The van der Waals surface area contributed by atoms with E-state index in [2.05, 4.69) is 37.9 Å². The Balaban J connectivity index is 1.95. The van der Waals surface area contributed by atoms with E-state index in [0.29, 0.717) is 17.7 Å². The molecule has 0 aromatic carbocycles. The van der Waals surface area contributed by atoms with E-state index < -0.39 is 0 Å². The maximum atomic E-state index is 5.81. The molecule has 118 valence electrons. The smallest absolute Gasteiger partial charge is 0.0597 e. The predicted octanol–water partition coefficient (Wildman–Crippen LogP) is 3.04. The van der Waals surface area contributed by atoms with Crippen molar-refractivity contribution >= 4 is 0 Å². The van der Waals surface area contributed by atoms with Crippen LogP contribution < -0.4 is 5.32 Å². The molecule has 1 spiro atoms. The molecule has 0 radical (unpaired) electrons. The second-order valence-corrected chi connectivity index (χ2v) is 7.17. The number of nitrogens with one attached hydrogen (secondary N) is 1. The Morgan fingerprint density at radius 3 is 2.55 bits per heavy atom. The first-order valence-electron chi connectivity index (χ1n) is 8.67.